The maximum absolute atomic E-state index is 12.0. The molecular formula is C16H33N3O2. The van der Waals surface area contributed by atoms with Crippen LogP contribution in [0.3, 0.4) is 0 Å². The first-order valence-corrected chi connectivity index (χ1v) is 8.06. The van der Waals surface area contributed by atoms with Crippen molar-refractivity contribution < 1.29 is 9.53 Å². The lowest BCUT2D eigenvalue weighted by atomic mass is 10.0. The van der Waals surface area contributed by atoms with E-state index in [1.54, 1.807) is 0 Å². The van der Waals surface area contributed by atoms with Crippen LogP contribution in [0.25, 0.3) is 0 Å². The molecule has 0 aromatic heterocycles. The Morgan fingerprint density at radius 2 is 1.90 bits per heavy atom. The Hall–Kier alpha value is -0.810. The number of nitrogens with zero attached hydrogens (tertiary/aromatic N) is 2. The minimum atomic E-state index is -0.410. The van der Waals surface area contributed by atoms with Gasteiger partial charge in [0.05, 0.1) is 0 Å². The Balaban J connectivity index is 2.27. The van der Waals surface area contributed by atoms with Crippen LogP contribution in [0.4, 0.5) is 4.79 Å². The summed E-state index contributed by atoms with van der Waals surface area (Å²) < 4.78 is 5.42. The van der Waals surface area contributed by atoms with Crippen molar-refractivity contribution in [1.29, 1.82) is 0 Å². The highest BCUT2D eigenvalue weighted by Crippen LogP contribution is 2.16. The van der Waals surface area contributed by atoms with E-state index in [0.29, 0.717) is 12.1 Å². The van der Waals surface area contributed by atoms with Gasteiger partial charge in [-0.05, 0) is 67.6 Å². The van der Waals surface area contributed by atoms with Gasteiger partial charge in [0, 0.05) is 25.2 Å². The molecule has 1 N–H and O–H groups in total. The first-order valence-electron chi connectivity index (χ1n) is 8.06. The normalized spacial score (nSPS) is 18.9. The van der Waals surface area contributed by atoms with Crippen LogP contribution in [0.5, 0.6) is 0 Å². The monoisotopic (exact) mass is 299 g/mol. The lowest BCUT2D eigenvalue weighted by Crippen LogP contribution is -2.48. The van der Waals surface area contributed by atoms with Gasteiger partial charge in [0.15, 0.2) is 0 Å². The van der Waals surface area contributed by atoms with Crippen molar-refractivity contribution in [2.75, 3.05) is 33.7 Å². The highest BCUT2D eigenvalue weighted by molar-refractivity contribution is 5.68. The third-order valence-electron chi connectivity index (χ3n) is 3.68. The molecule has 1 saturated heterocycles. The minimum Gasteiger partial charge on any atom is -0.444 e. The molecule has 1 aliphatic rings. The van der Waals surface area contributed by atoms with Crippen LogP contribution >= 0.6 is 0 Å². The third-order valence-corrected chi connectivity index (χ3v) is 3.68. The van der Waals surface area contributed by atoms with Gasteiger partial charge in [0.1, 0.15) is 5.60 Å². The molecule has 0 radical (unpaired) electrons. The van der Waals surface area contributed by atoms with E-state index in [2.05, 4.69) is 31.2 Å². The number of nitrogens with one attached hydrogen (secondary N) is 1. The van der Waals surface area contributed by atoms with E-state index >= 15 is 0 Å². The predicted octanol–water partition coefficient (Wildman–Crippen LogP) is 2.32. The second kappa shape index (κ2) is 7.99. The van der Waals surface area contributed by atoms with Crippen molar-refractivity contribution in [2.45, 2.75) is 64.6 Å². The topological polar surface area (TPSA) is 44.8 Å². The Morgan fingerprint density at radius 3 is 2.38 bits per heavy atom. The summed E-state index contributed by atoms with van der Waals surface area (Å²) in [6.45, 7) is 10.6. The van der Waals surface area contributed by atoms with Crippen molar-refractivity contribution >= 4 is 6.09 Å². The fraction of sp³-hybridized carbons (Fsp3) is 0.938. The Morgan fingerprint density at radius 1 is 1.33 bits per heavy atom. The molecule has 1 aliphatic heterocycles. The molecule has 0 spiro atoms. The molecular weight excluding hydrogens is 266 g/mol. The van der Waals surface area contributed by atoms with E-state index in [1.165, 1.54) is 0 Å². The molecule has 1 rings (SSSR count). The number of amides is 1. The summed E-state index contributed by atoms with van der Waals surface area (Å²) in [5.74, 6) is 0. The van der Waals surface area contributed by atoms with Crippen molar-refractivity contribution in [2.24, 2.45) is 0 Å². The minimum absolute atomic E-state index is 0.179. The number of ether oxygens (including phenoxy) is 1. The van der Waals surface area contributed by atoms with Gasteiger partial charge in [0.2, 0.25) is 0 Å². The van der Waals surface area contributed by atoms with Crippen LogP contribution in [0, 0.1) is 0 Å². The smallest absolute Gasteiger partial charge is 0.410 e. The average Bonchev–Trinajstić information content (AvgIpc) is 2.35. The number of likely N-dealkylation sites (tertiary alicyclic amines) is 1. The van der Waals surface area contributed by atoms with E-state index < -0.39 is 5.60 Å². The molecule has 21 heavy (non-hydrogen) atoms. The van der Waals surface area contributed by atoms with Crippen LogP contribution in [-0.2, 0) is 4.74 Å². The quantitative estimate of drug-likeness (QED) is 0.846. The Bertz CT molecular complexity index is 318. The third kappa shape index (κ3) is 7.67. The highest BCUT2D eigenvalue weighted by atomic mass is 16.6. The van der Waals surface area contributed by atoms with E-state index in [4.69, 9.17) is 4.74 Å². The molecule has 124 valence electrons. The van der Waals surface area contributed by atoms with Gasteiger partial charge >= 0.3 is 6.09 Å². The van der Waals surface area contributed by atoms with Gasteiger partial charge in [-0.2, -0.15) is 0 Å². The number of carbonyl (C=O) groups is 1. The SMILES string of the molecule is CC(CCN(C)C)NC1CCN(C(=O)OC(C)(C)C)CC1. The molecule has 0 saturated carbocycles. The number of hydrogen-bond donors (Lipinski definition) is 1. The Labute approximate surface area is 130 Å². The summed E-state index contributed by atoms with van der Waals surface area (Å²) in [6, 6.07) is 1.03. The molecule has 0 aromatic carbocycles. The zero-order valence-electron chi connectivity index (χ0n) is 14.6. The number of carbonyl (C=O) groups excluding carboxylic acids is 1. The lowest BCUT2D eigenvalue weighted by molar-refractivity contribution is 0.0196. The number of rotatable bonds is 5. The first-order chi connectivity index (χ1) is 9.67. The van der Waals surface area contributed by atoms with E-state index in [1.807, 2.05) is 25.7 Å². The van der Waals surface area contributed by atoms with Crippen molar-refractivity contribution in [3.05, 3.63) is 0 Å². The summed E-state index contributed by atoms with van der Waals surface area (Å²) in [6.07, 6.45) is 2.98. The molecule has 0 aromatic rings. The lowest BCUT2D eigenvalue weighted by Gasteiger charge is -2.35. The highest BCUT2D eigenvalue weighted by Gasteiger charge is 2.27. The molecule has 1 fully saturated rings. The summed E-state index contributed by atoms with van der Waals surface area (Å²) in [5, 5.41) is 3.68. The maximum Gasteiger partial charge on any atom is 0.410 e. The maximum atomic E-state index is 12.0. The molecule has 0 bridgehead atoms. The van der Waals surface area contributed by atoms with E-state index in [9.17, 15) is 4.79 Å². The fourth-order valence-corrected chi connectivity index (χ4v) is 2.49. The van der Waals surface area contributed by atoms with Crippen molar-refractivity contribution in [3.63, 3.8) is 0 Å². The van der Waals surface area contributed by atoms with Gasteiger partial charge < -0.3 is 19.9 Å². The number of piperidine rings is 1. The zero-order valence-corrected chi connectivity index (χ0v) is 14.6. The standard InChI is InChI=1S/C16H33N3O2/c1-13(7-10-18(5)6)17-14-8-11-19(12-9-14)15(20)21-16(2,3)4/h13-14,17H,7-12H2,1-6H3. The fourth-order valence-electron chi connectivity index (χ4n) is 2.49. The van der Waals surface area contributed by atoms with E-state index in [0.717, 1.165) is 38.9 Å². The molecule has 1 atom stereocenters. The first kappa shape index (κ1) is 18.2. The van der Waals surface area contributed by atoms with Crippen molar-refractivity contribution in [3.8, 4) is 0 Å². The van der Waals surface area contributed by atoms with Crippen LogP contribution in [-0.4, -0.2) is 67.3 Å². The van der Waals surface area contributed by atoms with Gasteiger partial charge in [-0.25, -0.2) is 4.79 Å². The largest absolute Gasteiger partial charge is 0.444 e. The summed E-state index contributed by atoms with van der Waals surface area (Å²) in [7, 11) is 4.21. The van der Waals surface area contributed by atoms with Crippen molar-refractivity contribution in [1.82, 2.24) is 15.1 Å². The van der Waals surface area contributed by atoms with Crippen LogP contribution in [0.2, 0.25) is 0 Å². The van der Waals surface area contributed by atoms with E-state index in [-0.39, 0.29) is 6.09 Å². The molecule has 1 amide bonds. The molecule has 5 nitrogen and oxygen atoms in total. The van der Waals surface area contributed by atoms with Gasteiger partial charge in [-0.15, -0.1) is 0 Å². The molecule has 0 aliphatic carbocycles. The van der Waals surface area contributed by atoms with Gasteiger partial charge in [0.25, 0.3) is 0 Å². The second-order valence-corrected chi connectivity index (χ2v) is 7.40. The second-order valence-electron chi connectivity index (χ2n) is 7.40. The predicted molar refractivity (Wildman–Crippen MR) is 86.6 cm³/mol. The van der Waals surface area contributed by atoms with Crippen LogP contribution in [0.15, 0.2) is 0 Å². The molecule has 1 heterocycles. The average molecular weight is 299 g/mol. The van der Waals surface area contributed by atoms with Crippen LogP contribution < -0.4 is 5.32 Å². The summed E-state index contributed by atoms with van der Waals surface area (Å²) >= 11 is 0. The zero-order chi connectivity index (χ0) is 16.0. The summed E-state index contributed by atoms with van der Waals surface area (Å²) in [5.41, 5.74) is -0.410. The van der Waals surface area contributed by atoms with Gasteiger partial charge in [-0.1, -0.05) is 0 Å². The summed E-state index contributed by atoms with van der Waals surface area (Å²) in [4.78, 5) is 16.0. The Kier molecular flexibility index (Phi) is 6.94. The van der Waals surface area contributed by atoms with Gasteiger partial charge in [-0.3, -0.25) is 0 Å². The molecule has 5 heteroatoms. The molecule has 1 unspecified atom stereocenters. The number of hydrogen-bond acceptors (Lipinski definition) is 4. The van der Waals surface area contributed by atoms with Crippen LogP contribution in [0.1, 0.15) is 47.0 Å².